The van der Waals surface area contributed by atoms with Crippen molar-refractivity contribution in [1.29, 1.82) is 0 Å². The fraction of sp³-hybridized carbons (Fsp3) is 0.500. The van der Waals surface area contributed by atoms with E-state index in [1.165, 1.54) is 0 Å². The van der Waals surface area contributed by atoms with Gasteiger partial charge in [-0.05, 0) is 25.5 Å². The Kier molecular flexibility index (Phi) is 5.32. The number of hydrogen-bond donors (Lipinski definition) is 2. The Morgan fingerprint density at radius 3 is 2.81 bits per heavy atom. The van der Waals surface area contributed by atoms with Crippen LogP contribution in [0.5, 0.6) is 0 Å². The highest BCUT2D eigenvalue weighted by atomic mass is 15.2. The van der Waals surface area contributed by atoms with Crippen molar-refractivity contribution in [2.45, 2.75) is 26.8 Å². The van der Waals surface area contributed by atoms with Crippen LogP contribution in [0, 0.1) is 6.92 Å². The summed E-state index contributed by atoms with van der Waals surface area (Å²) in [5.74, 6) is 0.824. The minimum atomic E-state index is 0.699. The van der Waals surface area contributed by atoms with Crippen LogP contribution < -0.4 is 10.6 Å². The van der Waals surface area contributed by atoms with Gasteiger partial charge in [-0.1, -0.05) is 13.0 Å². The summed E-state index contributed by atoms with van der Waals surface area (Å²) in [6.07, 6.45) is 1.09. The van der Waals surface area contributed by atoms with Crippen molar-refractivity contribution in [2.24, 2.45) is 4.99 Å². The first-order valence-corrected chi connectivity index (χ1v) is 5.63. The van der Waals surface area contributed by atoms with Crippen LogP contribution in [0.15, 0.2) is 23.2 Å². The van der Waals surface area contributed by atoms with E-state index in [-0.39, 0.29) is 0 Å². The molecule has 1 aromatic rings. The second-order valence-corrected chi connectivity index (χ2v) is 3.62. The van der Waals surface area contributed by atoms with E-state index in [1.807, 2.05) is 25.1 Å². The molecule has 0 bridgehead atoms. The summed E-state index contributed by atoms with van der Waals surface area (Å²) in [7, 11) is 1.77. The van der Waals surface area contributed by atoms with E-state index in [0.717, 1.165) is 30.3 Å². The maximum absolute atomic E-state index is 4.41. The third-order valence-electron chi connectivity index (χ3n) is 2.15. The predicted octanol–water partition coefficient (Wildman–Crippen LogP) is 1.47. The molecular weight excluding hydrogens is 200 g/mol. The molecule has 16 heavy (non-hydrogen) atoms. The molecule has 1 rings (SSSR count). The van der Waals surface area contributed by atoms with Crippen LogP contribution in [0.1, 0.15) is 24.7 Å². The van der Waals surface area contributed by atoms with Gasteiger partial charge in [-0.2, -0.15) is 0 Å². The Morgan fingerprint density at radius 2 is 2.19 bits per heavy atom. The van der Waals surface area contributed by atoms with Crippen molar-refractivity contribution in [2.75, 3.05) is 13.6 Å². The SMILES string of the molecule is CCCNC(=NC)NCc1cccc(C)n1. The van der Waals surface area contributed by atoms with Crippen LogP contribution >= 0.6 is 0 Å². The maximum Gasteiger partial charge on any atom is 0.191 e. The van der Waals surface area contributed by atoms with Crippen molar-refractivity contribution in [3.63, 3.8) is 0 Å². The second kappa shape index (κ2) is 6.82. The molecule has 0 radical (unpaired) electrons. The van der Waals surface area contributed by atoms with Gasteiger partial charge in [0.1, 0.15) is 0 Å². The predicted molar refractivity (Wildman–Crippen MR) is 67.5 cm³/mol. The van der Waals surface area contributed by atoms with Crippen molar-refractivity contribution >= 4 is 5.96 Å². The molecule has 4 heteroatoms. The maximum atomic E-state index is 4.41. The zero-order valence-corrected chi connectivity index (χ0v) is 10.2. The lowest BCUT2D eigenvalue weighted by molar-refractivity contribution is 0.771. The van der Waals surface area contributed by atoms with Gasteiger partial charge in [-0.25, -0.2) is 0 Å². The number of rotatable bonds is 4. The lowest BCUT2D eigenvalue weighted by Gasteiger charge is -2.10. The molecule has 0 saturated carbocycles. The van der Waals surface area contributed by atoms with Crippen molar-refractivity contribution in [3.05, 3.63) is 29.6 Å². The lowest BCUT2D eigenvalue weighted by atomic mass is 10.3. The molecule has 0 aliphatic rings. The van der Waals surface area contributed by atoms with E-state index in [4.69, 9.17) is 0 Å². The van der Waals surface area contributed by atoms with Gasteiger partial charge in [-0.3, -0.25) is 9.98 Å². The quantitative estimate of drug-likeness (QED) is 0.596. The molecule has 0 saturated heterocycles. The molecule has 0 spiro atoms. The van der Waals surface area contributed by atoms with E-state index in [1.54, 1.807) is 7.05 Å². The summed E-state index contributed by atoms with van der Waals surface area (Å²) in [5, 5.41) is 6.44. The Labute approximate surface area is 97.2 Å². The second-order valence-electron chi connectivity index (χ2n) is 3.62. The number of aryl methyl sites for hydroxylation is 1. The summed E-state index contributed by atoms with van der Waals surface area (Å²) >= 11 is 0. The molecule has 88 valence electrons. The molecule has 0 unspecified atom stereocenters. The first-order valence-electron chi connectivity index (χ1n) is 5.63. The van der Waals surface area contributed by atoms with E-state index in [9.17, 15) is 0 Å². The summed E-state index contributed by atoms with van der Waals surface area (Å²) in [6, 6.07) is 6.02. The smallest absolute Gasteiger partial charge is 0.191 e. The number of pyridine rings is 1. The van der Waals surface area contributed by atoms with Crippen LogP contribution in [-0.4, -0.2) is 24.5 Å². The molecule has 0 atom stereocenters. The van der Waals surface area contributed by atoms with Gasteiger partial charge < -0.3 is 10.6 Å². The van der Waals surface area contributed by atoms with Crippen LogP contribution in [0.25, 0.3) is 0 Å². The number of nitrogens with one attached hydrogen (secondary N) is 2. The van der Waals surface area contributed by atoms with Gasteiger partial charge in [-0.15, -0.1) is 0 Å². The van der Waals surface area contributed by atoms with Gasteiger partial charge in [0.05, 0.1) is 12.2 Å². The third-order valence-corrected chi connectivity index (χ3v) is 2.15. The first-order chi connectivity index (χ1) is 7.76. The highest BCUT2D eigenvalue weighted by molar-refractivity contribution is 5.79. The first kappa shape index (κ1) is 12.5. The molecule has 2 N–H and O–H groups in total. The van der Waals surface area contributed by atoms with Crippen molar-refractivity contribution in [3.8, 4) is 0 Å². The van der Waals surface area contributed by atoms with E-state index in [0.29, 0.717) is 6.54 Å². The van der Waals surface area contributed by atoms with Gasteiger partial charge in [0.2, 0.25) is 0 Å². The van der Waals surface area contributed by atoms with Gasteiger partial charge >= 0.3 is 0 Å². The number of hydrogen-bond acceptors (Lipinski definition) is 2. The van der Waals surface area contributed by atoms with Crippen LogP contribution in [0.4, 0.5) is 0 Å². The van der Waals surface area contributed by atoms with E-state index < -0.39 is 0 Å². The summed E-state index contributed by atoms with van der Waals surface area (Å²) in [4.78, 5) is 8.54. The monoisotopic (exact) mass is 220 g/mol. The molecule has 1 aromatic heterocycles. The van der Waals surface area contributed by atoms with Crippen molar-refractivity contribution < 1.29 is 0 Å². The average Bonchev–Trinajstić information content (AvgIpc) is 2.29. The summed E-state index contributed by atoms with van der Waals surface area (Å²) < 4.78 is 0. The topological polar surface area (TPSA) is 49.3 Å². The fourth-order valence-corrected chi connectivity index (χ4v) is 1.34. The largest absolute Gasteiger partial charge is 0.356 e. The van der Waals surface area contributed by atoms with Gasteiger partial charge in [0.15, 0.2) is 5.96 Å². The Morgan fingerprint density at radius 1 is 1.38 bits per heavy atom. The normalized spacial score (nSPS) is 11.3. The molecule has 0 aromatic carbocycles. The average molecular weight is 220 g/mol. The highest BCUT2D eigenvalue weighted by Gasteiger charge is 1.98. The molecule has 4 nitrogen and oxygen atoms in total. The minimum absolute atomic E-state index is 0.699. The summed E-state index contributed by atoms with van der Waals surface area (Å²) in [5.41, 5.74) is 2.07. The third kappa shape index (κ3) is 4.29. The zero-order valence-electron chi connectivity index (χ0n) is 10.2. The molecule has 0 amide bonds. The van der Waals surface area contributed by atoms with Crippen LogP contribution in [0.3, 0.4) is 0 Å². The lowest BCUT2D eigenvalue weighted by Crippen LogP contribution is -2.37. The minimum Gasteiger partial charge on any atom is -0.356 e. The van der Waals surface area contributed by atoms with Gasteiger partial charge in [0.25, 0.3) is 0 Å². The Hall–Kier alpha value is -1.58. The Balaban J connectivity index is 2.43. The standard InChI is InChI=1S/C12H20N4/c1-4-8-14-12(13-3)15-9-11-7-5-6-10(2)16-11/h5-7H,4,8-9H2,1-3H3,(H2,13,14,15). The van der Waals surface area contributed by atoms with E-state index >= 15 is 0 Å². The number of aliphatic imine (C=N–C) groups is 1. The number of aromatic nitrogens is 1. The fourth-order valence-electron chi connectivity index (χ4n) is 1.34. The molecule has 1 heterocycles. The van der Waals surface area contributed by atoms with Crippen LogP contribution in [0.2, 0.25) is 0 Å². The van der Waals surface area contributed by atoms with E-state index in [2.05, 4.69) is 27.5 Å². The highest BCUT2D eigenvalue weighted by Crippen LogP contribution is 1.97. The molecule has 0 aliphatic carbocycles. The Bertz CT molecular complexity index is 347. The summed E-state index contributed by atoms with van der Waals surface area (Å²) in [6.45, 7) is 5.75. The molecule has 0 aliphatic heterocycles. The molecular formula is C12H20N4. The molecule has 0 fully saturated rings. The van der Waals surface area contributed by atoms with Crippen molar-refractivity contribution in [1.82, 2.24) is 15.6 Å². The zero-order chi connectivity index (χ0) is 11.8. The number of nitrogens with zero attached hydrogens (tertiary/aromatic N) is 2. The van der Waals surface area contributed by atoms with Gasteiger partial charge in [0, 0.05) is 19.3 Å². The van der Waals surface area contributed by atoms with Crippen LogP contribution in [-0.2, 0) is 6.54 Å². The number of guanidine groups is 1.